The molecule has 9 heteroatoms. The van der Waals surface area contributed by atoms with Crippen molar-refractivity contribution in [1.82, 2.24) is 15.0 Å². The molecule has 1 atom stereocenters. The molecule has 7 nitrogen and oxygen atoms in total. The van der Waals surface area contributed by atoms with Crippen molar-refractivity contribution in [1.29, 1.82) is 0 Å². The molecule has 0 radical (unpaired) electrons. The van der Waals surface area contributed by atoms with Crippen molar-refractivity contribution in [3.63, 3.8) is 0 Å². The molecule has 36 heavy (non-hydrogen) atoms. The van der Waals surface area contributed by atoms with Gasteiger partial charge in [-0.3, -0.25) is 4.90 Å². The average Bonchev–Trinajstić information content (AvgIpc) is 3.48. The average molecular weight is 532 g/mol. The van der Waals surface area contributed by atoms with Crippen molar-refractivity contribution in [3.8, 4) is 17.1 Å². The molecule has 0 bridgehead atoms. The Morgan fingerprint density at radius 2 is 1.97 bits per heavy atom. The predicted molar refractivity (Wildman–Crippen MR) is 140 cm³/mol. The Morgan fingerprint density at radius 1 is 1.17 bits per heavy atom. The summed E-state index contributed by atoms with van der Waals surface area (Å²) in [5.41, 5.74) is 2.37. The van der Waals surface area contributed by atoms with E-state index < -0.39 is 5.60 Å². The summed E-state index contributed by atoms with van der Waals surface area (Å²) in [6.45, 7) is 8.73. The fraction of sp³-hybridized carbons (Fsp3) is 0.444. The number of nitrogens with zero attached hydrogens (tertiary/aromatic N) is 3. The van der Waals surface area contributed by atoms with E-state index in [1.54, 1.807) is 4.90 Å². The number of aromatic nitrogens is 2. The Hall–Kier alpha value is -2.77. The predicted octanol–water partition coefficient (Wildman–Crippen LogP) is 7.44. The van der Waals surface area contributed by atoms with Crippen molar-refractivity contribution >= 4 is 29.3 Å². The molecule has 2 heterocycles. The highest BCUT2D eigenvalue weighted by Crippen LogP contribution is 2.34. The molecule has 4 rings (SSSR count). The number of halogens is 2. The maximum absolute atomic E-state index is 12.6. The van der Waals surface area contributed by atoms with Crippen molar-refractivity contribution in [2.45, 2.75) is 65.0 Å². The van der Waals surface area contributed by atoms with E-state index in [4.69, 9.17) is 37.2 Å². The second-order valence-corrected chi connectivity index (χ2v) is 10.8. The van der Waals surface area contributed by atoms with Gasteiger partial charge in [0.25, 0.3) is 0 Å². The summed E-state index contributed by atoms with van der Waals surface area (Å²) in [5.74, 6) is 1.72. The van der Waals surface area contributed by atoms with Gasteiger partial charge >= 0.3 is 6.09 Å². The molecule has 1 aliphatic heterocycles. The molecule has 2 aromatic carbocycles. The molecule has 0 spiro atoms. The first-order valence-electron chi connectivity index (χ1n) is 12.1. The fourth-order valence-electron chi connectivity index (χ4n) is 4.15. The normalized spacial score (nSPS) is 15.8. The van der Waals surface area contributed by atoms with Crippen LogP contribution in [0.1, 0.15) is 63.1 Å². The number of carbonyl (C=O) groups excluding carboxylic acids is 1. The molecular weight excluding hydrogens is 501 g/mol. The number of amides is 1. The molecule has 0 unspecified atom stereocenters. The van der Waals surface area contributed by atoms with Crippen LogP contribution in [0.15, 0.2) is 40.9 Å². The molecule has 1 aromatic heterocycles. The van der Waals surface area contributed by atoms with Crippen LogP contribution in [0.3, 0.4) is 0 Å². The number of hydrogen-bond donors (Lipinski definition) is 0. The Bertz CT molecular complexity index is 1220. The summed E-state index contributed by atoms with van der Waals surface area (Å²) >= 11 is 12.1. The molecule has 0 saturated carbocycles. The second-order valence-electron chi connectivity index (χ2n) is 9.97. The lowest BCUT2D eigenvalue weighted by Gasteiger charge is -2.26. The minimum atomic E-state index is -0.560. The lowest BCUT2D eigenvalue weighted by Crippen LogP contribution is -2.36. The number of carbonyl (C=O) groups is 1. The second kappa shape index (κ2) is 11.1. The van der Waals surface area contributed by atoms with Crippen LogP contribution in [0.5, 0.6) is 5.75 Å². The highest BCUT2D eigenvalue weighted by atomic mass is 35.5. The number of rotatable bonds is 7. The zero-order chi connectivity index (χ0) is 25.9. The topological polar surface area (TPSA) is 77.7 Å². The lowest BCUT2D eigenvalue weighted by atomic mass is 10.1. The van der Waals surface area contributed by atoms with Gasteiger partial charge in [0.15, 0.2) is 0 Å². The van der Waals surface area contributed by atoms with Crippen LogP contribution < -0.4 is 4.74 Å². The summed E-state index contributed by atoms with van der Waals surface area (Å²) in [6, 6.07) is 11.2. The van der Waals surface area contributed by atoms with Gasteiger partial charge in [0.05, 0.1) is 16.7 Å². The van der Waals surface area contributed by atoms with Gasteiger partial charge in [-0.1, -0.05) is 34.4 Å². The monoisotopic (exact) mass is 531 g/mol. The zero-order valence-corrected chi connectivity index (χ0v) is 22.5. The van der Waals surface area contributed by atoms with E-state index in [-0.39, 0.29) is 12.1 Å². The Kier molecular flexibility index (Phi) is 8.10. The minimum absolute atomic E-state index is 0.277. The minimum Gasteiger partial charge on any atom is -0.493 e. The van der Waals surface area contributed by atoms with E-state index in [1.807, 2.05) is 64.1 Å². The van der Waals surface area contributed by atoms with Gasteiger partial charge < -0.3 is 14.0 Å². The Balaban J connectivity index is 1.36. The number of ether oxygens (including phenoxy) is 2. The largest absolute Gasteiger partial charge is 0.493 e. The third kappa shape index (κ3) is 6.51. The molecule has 1 saturated heterocycles. The van der Waals surface area contributed by atoms with E-state index in [9.17, 15) is 4.79 Å². The van der Waals surface area contributed by atoms with Crippen LogP contribution in [-0.4, -0.2) is 39.9 Å². The maximum Gasteiger partial charge on any atom is 0.410 e. The summed E-state index contributed by atoms with van der Waals surface area (Å²) in [6.07, 6.45) is 2.96. The third-order valence-electron chi connectivity index (χ3n) is 5.89. The van der Waals surface area contributed by atoms with Crippen LogP contribution in [0, 0.1) is 6.92 Å². The first-order valence-corrected chi connectivity index (χ1v) is 12.9. The maximum atomic E-state index is 12.6. The molecule has 1 aliphatic rings. The Morgan fingerprint density at radius 3 is 2.69 bits per heavy atom. The summed E-state index contributed by atoms with van der Waals surface area (Å²) in [7, 11) is 0. The smallest absolute Gasteiger partial charge is 0.410 e. The molecule has 1 fully saturated rings. The SMILES string of the molecule is Cc1cc(-c2noc([C@@H]3CCCN3C(=O)OC(C)(C)C)n2)ccc1OCCCc1ccc(Cl)c(Cl)c1. The van der Waals surface area contributed by atoms with Crippen LogP contribution in [-0.2, 0) is 11.2 Å². The molecule has 0 N–H and O–H groups in total. The molecular formula is C27H31Cl2N3O4. The van der Waals surface area contributed by atoms with Gasteiger partial charge in [-0.05, 0) is 94.8 Å². The molecule has 3 aromatic rings. The van der Waals surface area contributed by atoms with Crippen molar-refractivity contribution in [2.24, 2.45) is 0 Å². The zero-order valence-electron chi connectivity index (χ0n) is 21.0. The van der Waals surface area contributed by atoms with Crippen LogP contribution in [0.4, 0.5) is 4.79 Å². The van der Waals surface area contributed by atoms with Gasteiger partial charge in [-0.15, -0.1) is 0 Å². The summed E-state index contributed by atoms with van der Waals surface area (Å²) in [5, 5.41) is 5.29. The van der Waals surface area contributed by atoms with Gasteiger partial charge in [0.1, 0.15) is 17.4 Å². The van der Waals surface area contributed by atoms with E-state index >= 15 is 0 Å². The molecule has 192 valence electrons. The quantitative estimate of drug-likeness (QED) is 0.295. The van der Waals surface area contributed by atoms with Gasteiger partial charge in [0.2, 0.25) is 11.7 Å². The van der Waals surface area contributed by atoms with Crippen LogP contribution in [0.2, 0.25) is 10.0 Å². The van der Waals surface area contributed by atoms with Gasteiger partial charge in [0, 0.05) is 12.1 Å². The number of benzene rings is 2. The van der Waals surface area contributed by atoms with Crippen LogP contribution in [0.25, 0.3) is 11.4 Å². The van der Waals surface area contributed by atoms with Crippen LogP contribution >= 0.6 is 23.2 Å². The number of aryl methyl sites for hydroxylation is 2. The summed E-state index contributed by atoms with van der Waals surface area (Å²) in [4.78, 5) is 18.9. The third-order valence-corrected chi connectivity index (χ3v) is 6.63. The first kappa shape index (κ1) is 26.3. The van der Waals surface area contributed by atoms with Gasteiger partial charge in [-0.25, -0.2) is 4.79 Å². The van der Waals surface area contributed by atoms with E-state index in [1.165, 1.54) is 0 Å². The number of hydrogen-bond acceptors (Lipinski definition) is 6. The van der Waals surface area contributed by atoms with E-state index in [2.05, 4.69) is 10.1 Å². The van der Waals surface area contributed by atoms with Crippen molar-refractivity contribution in [2.75, 3.05) is 13.2 Å². The number of likely N-dealkylation sites (tertiary alicyclic amines) is 1. The highest BCUT2D eigenvalue weighted by molar-refractivity contribution is 6.42. The summed E-state index contributed by atoms with van der Waals surface area (Å²) < 4.78 is 17.1. The molecule has 1 amide bonds. The van der Waals surface area contributed by atoms with E-state index in [0.717, 1.165) is 48.1 Å². The fourth-order valence-corrected chi connectivity index (χ4v) is 4.48. The lowest BCUT2D eigenvalue weighted by molar-refractivity contribution is 0.0199. The van der Waals surface area contributed by atoms with Crippen molar-refractivity contribution < 1.29 is 18.8 Å². The Labute approximate surface area is 221 Å². The highest BCUT2D eigenvalue weighted by Gasteiger charge is 2.36. The van der Waals surface area contributed by atoms with Crippen molar-refractivity contribution in [3.05, 3.63) is 63.5 Å². The standard InChI is InChI=1S/C27H31Cl2N3O4/c1-17-15-19(10-12-23(17)34-14-6-7-18-9-11-20(28)21(29)16-18)24-30-25(36-31-24)22-8-5-13-32(22)26(33)35-27(2,3)4/h9-12,15-16,22H,5-8,13-14H2,1-4H3/t22-/m0/s1. The molecule has 0 aliphatic carbocycles. The first-order chi connectivity index (χ1) is 17.1. The van der Waals surface area contributed by atoms with E-state index in [0.29, 0.717) is 34.9 Å². The van der Waals surface area contributed by atoms with Gasteiger partial charge in [-0.2, -0.15) is 4.98 Å².